The first-order chi connectivity index (χ1) is 6.89. The van der Waals surface area contributed by atoms with Gasteiger partial charge in [0.25, 0.3) is 0 Å². The predicted octanol–water partition coefficient (Wildman–Crippen LogP) is 1.48. The average molecular weight is 230 g/mol. The molecule has 0 radical (unpaired) electrons. The molecule has 84 valence electrons. The second-order valence-electron chi connectivity index (χ2n) is 3.97. The van der Waals surface area contributed by atoms with Crippen LogP contribution in [0.4, 0.5) is 0 Å². The molecular formula is C10H16NO3S+. The summed E-state index contributed by atoms with van der Waals surface area (Å²) in [6.07, 6.45) is 0.781. The molecular weight excluding hydrogens is 214 g/mol. The minimum absolute atomic E-state index is 0.0451. The third-order valence-electron chi connectivity index (χ3n) is 2.77. The van der Waals surface area contributed by atoms with Crippen molar-refractivity contribution in [2.24, 2.45) is 0 Å². The number of esters is 1. The first-order valence-corrected chi connectivity index (χ1v) is 5.65. The highest BCUT2D eigenvalue weighted by atomic mass is 32.2. The number of likely N-dealkylation sites (N-methyl/N-ethyl adjacent to an activating group) is 1. The maximum Gasteiger partial charge on any atom is 0.393 e. The van der Waals surface area contributed by atoms with E-state index in [1.54, 1.807) is 19.4 Å². The zero-order valence-corrected chi connectivity index (χ0v) is 10.3. The van der Waals surface area contributed by atoms with Crippen molar-refractivity contribution in [3.05, 3.63) is 11.1 Å². The third-order valence-corrected chi connectivity index (χ3v) is 4.07. The lowest BCUT2D eigenvalue weighted by molar-refractivity contribution is -0.813. The molecule has 0 N–H and O–H groups in total. The summed E-state index contributed by atoms with van der Waals surface area (Å²) in [5.74, 6) is -0.412. The Hall–Kier alpha value is -0.810. The quantitative estimate of drug-likeness (QED) is 0.418. The fourth-order valence-corrected chi connectivity index (χ4v) is 2.41. The van der Waals surface area contributed by atoms with Crippen molar-refractivity contribution in [1.29, 1.82) is 0 Å². The number of ether oxygens (including phenoxy) is 1. The number of nitrogens with zero attached hydrogens (tertiary/aromatic N) is 1. The van der Waals surface area contributed by atoms with Crippen molar-refractivity contribution < 1.29 is 18.8 Å². The molecule has 1 aliphatic heterocycles. The van der Waals surface area contributed by atoms with Crippen molar-refractivity contribution in [1.82, 2.24) is 0 Å². The number of quaternary nitrogens is 1. The molecule has 1 amide bonds. The van der Waals surface area contributed by atoms with Crippen LogP contribution in [0.1, 0.15) is 20.8 Å². The normalized spacial score (nSPS) is 28.4. The Morgan fingerprint density at radius 3 is 2.73 bits per heavy atom. The summed E-state index contributed by atoms with van der Waals surface area (Å²) in [6, 6.07) is 0. The van der Waals surface area contributed by atoms with Crippen LogP contribution in [0.15, 0.2) is 11.1 Å². The highest BCUT2D eigenvalue weighted by Gasteiger charge is 2.52. The molecule has 0 fully saturated rings. The lowest BCUT2D eigenvalue weighted by atomic mass is 10.2. The van der Waals surface area contributed by atoms with Gasteiger partial charge in [-0.3, -0.25) is 0 Å². The van der Waals surface area contributed by atoms with Gasteiger partial charge in [0.1, 0.15) is 0 Å². The van der Waals surface area contributed by atoms with Crippen LogP contribution in [0.25, 0.3) is 0 Å². The van der Waals surface area contributed by atoms with Crippen LogP contribution >= 0.6 is 11.8 Å². The predicted molar refractivity (Wildman–Crippen MR) is 58.6 cm³/mol. The first-order valence-electron chi connectivity index (χ1n) is 4.77. The number of amides is 1. The number of hydrogen-bond donors (Lipinski definition) is 0. The number of rotatable bonds is 3. The largest absolute Gasteiger partial charge is 0.458 e. The number of hydrogen-bond acceptors (Lipinski definition) is 4. The summed E-state index contributed by atoms with van der Waals surface area (Å²) < 4.78 is 4.88. The summed E-state index contributed by atoms with van der Waals surface area (Å²) in [6.45, 7) is 5.92. The molecule has 1 heterocycles. The molecule has 0 aromatic heterocycles. The fraction of sp³-hybridized carbons (Fsp3) is 0.600. The lowest BCUT2D eigenvalue weighted by Gasteiger charge is -2.35. The van der Waals surface area contributed by atoms with Gasteiger partial charge in [0.2, 0.25) is 5.70 Å². The molecule has 0 spiro atoms. The number of carbonyl (C=O) groups is 2. The van der Waals surface area contributed by atoms with E-state index in [4.69, 9.17) is 4.74 Å². The topological polar surface area (TPSA) is 43.4 Å². The van der Waals surface area contributed by atoms with Gasteiger partial charge in [-0.25, -0.2) is 14.1 Å². The zero-order chi connectivity index (χ0) is 11.7. The Labute approximate surface area is 93.9 Å². The van der Waals surface area contributed by atoms with Crippen LogP contribution in [0, 0.1) is 0 Å². The maximum absolute atomic E-state index is 11.6. The van der Waals surface area contributed by atoms with Gasteiger partial charge in [0, 0.05) is 19.3 Å². The smallest absolute Gasteiger partial charge is 0.393 e. The van der Waals surface area contributed by atoms with E-state index in [2.05, 4.69) is 0 Å². The molecule has 15 heavy (non-hydrogen) atoms. The van der Waals surface area contributed by atoms with Gasteiger partial charge in [-0.05, 0) is 6.92 Å². The second kappa shape index (κ2) is 3.98. The van der Waals surface area contributed by atoms with Crippen molar-refractivity contribution >= 4 is 24.1 Å². The molecule has 0 saturated heterocycles. The van der Waals surface area contributed by atoms with E-state index in [1.807, 2.05) is 13.8 Å². The Kier molecular flexibility index (Phi) is 3.25. The van der Waals surface area contributed by atoms with Crippen LogP contribution in [0.3, 0.4) is 0 Å². The van der Waals surface area contributed by atoms with Crippen LogP contribution in [-0.2, 0) is 14.3 Å². The maximum atomic E-state index is 11.6. The Bertz CT molecular complexity index is 325. The van der Waals surface area contributed by atoms with Crippen molar-refractivity contribution in [2.45, 2.75) is 25.6 Å². The molecule has 1 unspecified atom stereocenters. The van der Waals surface area contributed by atoms with Crippen LogP contribution in [0.5, 0.6) is 0 Å². The first kappa shape index (κ1) is 12.3. The van der Waals surface area contributed by atoms with Crippen LogP contribution < -0.4 is 0 Å². The molecule has 0 aromatic carbocycles. The Morgan fingerprint density at radius 2 is 2.27 bits per heavy atom. The van der Waals surface area contributed by atoms with E-state index in [0.717, 1.165) is 6.41 Å². The average Bonchev–Trinajstić information content (AvgIpc) is 2.40. The van der Waals surface area contributed by atoms with Gasteiger partial charge < -0.3 is 4.74 Å². The molecule has 0 aromatic rings. The molecule has 1 rings (SSSR count). The van der Waals surface area contributed by atoms with Crippen molar-refractivity contribution in [3.8, 4) is 0 Å². The highest BCUT2D eigenvalue weighted by molar-refractivity contribution is 8.03. The van der Waals surface area contributed by atoms with E-state index in [0.29, 0.717) is 12.3 Å². The highest BCUT2D eigenvalue weighted by Crippen LogP contribution is 2.44. The number of carbonyl (C=O) groups excluding carboxylic acids is 2. The molecule has 1 aliphatic rings. The Balaban J connectivity index is 3.02. The van der Waals surface area contributed by atoms with Gasteiger partial charge >= 0.3 is 12.4 Å². The van der Waals surface area contributed by atoms with Gasteiger partial charge in [0.15, 0.2) is 4.87 Å². The van der Waals surface area contributed by atoms with Crippen molar-refractivity contribution in [2.75, 3.05) is 13.7 Å². The molecule has 4 nitrogen and oxygen atoms in total. The minimum Gasteiger partial charge on any atom is -0.458 e. The van der Waals surface area contributed by atoms with Gasteiger partial charge in [-0.15, -0.1) is 0 Å². The van der Waals surface area contributed by atoms with E-state index < -0.39 is 5.97 Å². The summed E-state index contributed by atoms with van der Waals surface area (Å²) in [7, 11) is 1.72. The number of thioether (sulfide) groups is 1. The molecule has 5 heteroatoms. The summed E-state index contributed by atoms with van der Waals surface area (Å²) in [5, 5.41) is 1.71. The molecule has 0 aliphatic carbocycles. The zero-order valence-electron chi connectivity index (χ0n) is 9.44. The fourth-order valence-electron chi connectivity index (χ4n) is 1.34. The van der Waals surface area contributed by atoms with Gasteiger partial charge in [-0.2, -0.15) is 0 Å². The van der Waals surface area contributed by atoms with E-state index in [9.17, 15) is 9.59 Å². The molecule has 0 saturated carbocycles. The standard InChI is InChI=1S/C10H16NO3S/c1-5-14-9(13)8-6-15-10(2,3)11(8,4)7-12/h6-7H,5H2,1-4H3/q+1. The van der Waals surface area contributed by atoms with Gasteiger partial charge in [-0.1, -0.05) is 11.8 Å². The summed E-state index contributed by atoms with van der Waals surface area (Å²) >= 11 is 1.47. The summed E-state index contributed by atoms with van der Waals surface area (Å²) in [5.41, 5.74) is 0.404. The SMILES string of the molecule is CCOC(=O)C1=CSC(C)(C)[N+]1(C)C=O. The van der Waals surface area contributed by atoms with Crippen LogP contribution in [0.2, 0.25) is 0 Å². The van der Waals surface area contributed by atoms with E-state index in [-0.39, 0.29) is 9.35 Å². The van der Waals surface area contributed by atoms with E-state index in [1.165, 1.54) is 11.8 Å². The van der Waals surface area contributed by atoms with E-state index >= 15 is 0 Å². The molecule has 0 bridgehead atoms. The van der Waals surface area contributed by atoms with Crippen molar-refractivity contribution in [3.63, 3.8) is 0 Å². The monoisotopic (exact) mass is 230 g/mol. The minimum atomic E-state index is -0.412. The second-order valence-corrected chi connectivity index (χ2v) is 5.44. The Morgan fingerprint density at radius 1 is 1.67 bits per heavy atom. The van der Waals surface area contributed by atoms with Gasteiger partial charge in [0.05, 0.1) is 13.7 Å². The third kappa shape index (κ3) is 1.81. The lowest BCUT2D eigenvalue weighted by Crippen LogP contribution is -2.54. The van der Waals surface area contributed by atoms with Crippen LogP contribution in [-0.4, -0.2) is 35.4 Å². The summed E-state index contributed by atoms with van der Waals surface area (Å²) in [4.78, 5) is 22.4. The molecule has 1 atom stereocenters.